The van der Waals surface area contributed by atoms with Crippen molar-refractivity contribution in [3.05, 3.63) is 42.4 Å². The van der Waals surface area contributed by atoms with Crippen molar-refractivity contribution in [1.29, 1.82) is 0 Å². The summed E-state index contributed by atoms with van der Waals surface area (Å²) in [5.41, 5.74) is 3.04. The molecule has 1 aromatic carbocycles. The third-order valence-electron chi connectivity index (χ3n) is 2.52. The van der Waals surface area contributed by atoms with Crippen molar-refractivity contribution in [3.63, 3.8) is 0 Å². The molecule has 2 rings (SSSR count). The number of methoxy groups -OCH3 is 2. The summed E-state index contributed by atoms with van der Waals surface area (Å²) in [5, 5.41) is 0. The lowest BCUT2D eigenvalue weighted by Crippen LogP contribution is -2.30. The highest BCUT2D eigenvalue weighted by atomic mass is 16.5. The van der Waals surface area contributed by atoms with Crippen LogP contribution in [0.15, 0.2) is 46.0 Å². The SMILES string of the molecule is COc1cccc(OC)c1N=C(NN)c1ccco1. The van der Waals surface area contributed by atoms with E-state index in [1.54, 1.807) is 44.7 Å². The summed E-state index contributed by atoms with van der Waals surface area (Å²) in [6.07, 6.45) is 1.54. The van der Waals surface area contributed by atoms with Gasteiger partial charge in [0, 0.05) is 0 Å². The Morgan fingerprint density at radius 1 is 1.16 bits per heavy atom. The summed E-state index contributed by atoms with van der Waals surface area (Å²) in [4.78, 5) is 4.40. The minimum absolute atomic E-state index is 0.382. The van der Waals surface area contributed by atoms with Crippen molar-refractivity contribution in [2.75, 3.05) is 14.2 Å². The molecule has 6 nitrogen and oxygen atoms in total. The fourth-order valence-corrected chi connectivity index (χ4v) is 1.63. The monoisotopic (exact) mass is 261 g/mol. The molecule has 0 spiro atoms. The predicted octanol–water partition coefficient (Wildman–Crippen LogP) is 1.84. The molecule has 1 heterocycles. The first-order valence-corrected chi connectivity index (χ1v) is 5.60. The minimum Gasteiger partial charge on any atom is -0.494 e. The first kappa shape index (κ1) is 13.0. The van der Waals surface area contributed by atoms with Crippen LogP contribution in [0.1, 0.15) is 5.76 Å². The Morgan fingerprint density at radius 2 is 1.84 bits per heavy atom. The number of amidine groups is 1. The molecule has 0 amide bonds. The van der Waals surface area contributed by atoms with Crippen LogP contribution in [0.25, 0.3) is 0 Å². The van der Waals surface area contributed by atoms with Crippen molar-refractivity contribution in [2.24, 2.45) is 10.8 Å². The Morgan fingerprint density at radius 3 is 2.32 bits per heavy atom. The second kappa shape index (κ2) is 5.92. The maximum Gasteiger partial charge on any atom is 0.184 e. The number of ether oxygens (including phenoxy) is 2. The molecule has 100 valence electrons. The molecule has 0 aliphatic carbocycles. The summed E-state index contributed by atoms with van der Waals surface area (Å²) >= 11 is 0. The van der Waals surface area contributed by atoms with Crippen molar-refractivity contribution in [2.45, 2.75) is 0 Å². The fraction of sp³-hybridized carbons (Fsp3) is 0.154. The van der Waals surface area contributed by atoms with Crippen LogP contribution in [-0.4, -0.2) is 20.1 Å². The normalized spacial score (nSPS) is 11.2. The van der Waals surface area contributed by atoms with Gasteiger partial charge in [0.15, 0.2) is 11.6 Å². The lowest BCUT2D eigenvalue weighted by atomic mass is 10.2. The number of hydrogen-bond donors (Lipinski definition) is 2. The Bertz CT molecular complexity index is 542. The molecular formula is C13H15N3O3. The topological polar surface area (TPSA) is 82.0 Å². The zero-order valence-electron chi connectivity index (χ0n) is 10.7. The van der Waals surface area contributed by atoms with E-state index < -0.39 is 0 Å². The molecule has 0 atom stereocenters. The number of nitrogens with one attached hydrogen (secondary N) is 1. The number of benzene rings is 1. The molecule has 0 unspecified atom stereocenters. The van der Waals surface area contributed by atoms with Gasteiger partial charge in [-0.3, -0.25) is 0 Å². The molecule has 0 saturated carbocycles. The Balaban J connectivity index is 2.51. The second-order valence-electron chi connectivity index (χ2n) is 3.59. The number of furan rings is 1. The number of rotatable bonds is 4. The first-order valence-electron chi connectivity index (χ1n) is 5.60. The molecule has 0 saturated heterocycles. The smallest absolute Gasteiger partial charge is 0.184 e. The van der Waals surface area contributed by atoms with Gasteiger partial charge in [-0.1, -0.05) is 6.07 Å². The van der Waals surface area contributed by atoms with Crippen LogP contribution in [0.5, 0.6) is 11.5 Å². The van der Waals surface area contributed by atoms with E-state index in [2.05, 4.69) is 10.4 Å². The highest BCUT2D eigenvalue weighted by molar-refractivity contribution is 5.98. The van der Waals surface area contributed by atoms with E-state index in [1.807, 2.05) is 6.07 Å². The van der Waals surface area contributed by atoms with E-state index in [1.165, 1.54) is 0 Å². The van der Waals surface area contributed by atoms with Crippen LogP contribution in [-0.2, 0) is 0 Å². The van der Waals surface area contributed by atoms with Gasteiger partial charge in [0.2, 0.25) is 0 Å². The molecule has 1 aromatic heterocycles. The Kier molecular flexibility index (Phi) is 4.04. The summed E-state index contributed by atoms with van der Waals surface area (Å²) < 4.78 is 15.8. The molecule has 0 radical (unpaired) electrons. The van der Waals surface area contributed by atoms with Crippen LogP contribution in [0.4, 0.5) is 5.69 Å². The number of nitrogens with two attached hydrogens (primary N) is 1. The average Bonchev–Trinajstić information content (AvgIpc) is 2.98. The van der Waals surface area contributed by atoms with E-state index in [9.17, 15) is 0 Å². The van der Waals surface area contributed by atoms with E-state index in [0.717, 1.165) is 0 Å². The number of aliphatic imine (C=N–C) groups is 1. The van der Waals surface area contributed by atoms with Gasteiger partial charge in [0.1, 0.15) is 17.2 Å². The fourth-order valence-electron chi connectivity index (χ4n) is 1.63. The van der Waals surface area contributed by atoms with Gasteiger partial charge in [0.05, 0.1) is 20.5 Å². The summed E-state index contributed by atoms with van der Waals surface area (Å²) in [6.45, 7) is 0. The van der Waals surface area contributed by atoms with Gasteiger partial charge in [-0.15, -0.1) is 0 Å². The van der Waals surface area contributed by atoms with Gasteiger partial charge in [0.25, 0.3) is 0 Å². The van der Waals surface area contributed by atoms with E-state index in [-0.39, 0.29) is 0 Å². The lowest BCUT2D eigenvalue weighted by molar-refractivity contribution is 0.397. The van der Waals surface area contributed by atoms with Crippen molar-refractivity contribution in [3.8, 4) is 11.5 Å². The largest absolute Gasteiger partial charge is 0.494 e. The molecule has 0 fully saturated rings. The molecule has 0 aliphatic rings. The van der Waals surface area contributed by atoms with Crippen LogP contribution in [0.3, 0.4) is 0 Å². The molecule has 0 bridgehead atoms. The van der Waals surface area contributed by atoms with E-state index >= 15 is 0 Å². The molecule has 0 aliphatic heterocycles. The van der Waals surface area contributed by atoms with Crippen LogP contribution >= 0.6 is 0 Å². The summed E-state index contributed by atoms with van der Waals surface area (Å²) in [6, 6.07) is 8.90. The molecule has 3 N–H and O–H groups in total. The Labute approximate surface area is 110 Å². The van der Waals surface area contributed by atoms with Crippen LogP contribution in [0.2, 0.25) is 0 Å². The zero-order chi connectivity index (χ0) is 13.7. The van der Waals surface area contributed by atoms with Crippen molar-refractivity contribution in [1.82, 2.24) is 5.43 Å². The van der Waals surface area contributed by atoms with E-state index in [4.69, 9.17) is 19.7 Å². The average molecular weight is 261 g/mol. The van der Waals surface area contributed by atoms with Crippen molar-refractivity contribution >= 4 is 11.5 Å². The standard InChI is InChI=1S/C13H15N3O3/c1-17-9-5-3-6-10(18-2)12(9)15-13(16-14)11-7-4-8-19-11/h3-8H,14H2,1-2H3,(H,15,16). The van der Waals surface area contributed by atoms with Crippen LogP contribution in [0, 0.1) is 0 Å². The quantitative estimate of drug-likeness (QED) is 0.380. The maximum atomic E-state index is 5.47. The third kappa shape index (κ3) is 2.69. The third-order valence-corrected chi connectivity index (χ3v) is 2.52. The molecule has 6 heteroatoms. The van der Waals surface area contributed by atoms with Gasteiger partial charge in [-0.25, -0.2) is 10.8 Å². The second-order valence-corrected chi connectivity index (χ2v) is 3.59. The number of hydrazine groups is 1. The van der Waals surface area contributed by atoms with Gasteiger partial charge < -0.3 is 19.3 Å². The minimum atomic E-state index is 0.382. The summed E-state index contributed by atoms with van der Waals surface area (Å²) in [7, 11) is 3.13. The van der Waals surface area contributed by atoms with E-state index in [0.29, 0.717) is 28.8 Å². The number of hydrogen-bond acceptors (Lipinski definition) is 5. The highest BCUT2D eigenvalue weighted by Crippen LogP contribution is 2.37. The van der Waals surface area contributed by atoms with Crippen molar-refractivity contribution < 1.29 is 13.9 Å². The summed E-state index contributed by atoms with van der Waals surface area (Å²) in [5.74, 6) is 7.54. The highest BCUT2D eigenvalue weighted by Gasteiger charge is 2.12. The van der Waals surface area contributed by atoms with Gasteiger partial charge >= 0.3 is 0 Å². The van der Waals surface area contributed by atoms with Gasteiger partial charge in [-0.05, 0) is 24.3 Å². The Hall–Kier alpha value is -2.47. The first-order chi connectivity index (χ1) is 9.30. The maximum absolute atomic E-state index is 5.47. The predicted molar refractivity (Wildman–Crippen MR) is 71.8 cm³/mol. The number of nitrogens with zero attached hydrogens (tertiary/aromatic N) is 1. The van der Waals surface area contributed by atoms with Crippen LogP contribution < -0.4 is 20.7 Å². The molecular weight excluding hydrogens is 246 g/mol. The lowest BCUT2D eigenvalue weighted by Gasteiger charge is -2.10. The molecule has 19 heavy (non-hydrogen) atoms. The zero-order valence-corrected chi connectivity index (χ0v) is 10.7. The molecule has 2 aromatic rings. The number of para-hydroxylation sites is 1. The van der Waals surface area contributed by atoms with Gasteiger partial charge in [-0.2, -0.15) is 0 Å².